The van der Waals surface area contributed by atoms with Crippen molar-refractivity contribution in [1.82, 2.24) is 9.97 Å². The number of hydrogen-bond donors (Lipinski definition) is 2. The molecule has 0 spiro atoms. The number of aromatic amines is 1. The molecule has 1 heterocycles. The molecule has 100 valence electrons. The molecule has 8 heteroatoms. The first-order valence-electron chi connectivity index (χ1n) is 5.06. The molecule has 19 heavy (non-hydrogen) atoms. The molecule has 5 nitrogen and oxygen atoms in total. The van der Waals surface area contributed by atoms with Crippen molar-refractivity contribution in [1.29, 1.82) is 0 Å². The molecule has 3 N–H and O–H groups in total. The van der Waals surface area contributed by atoms with E-state index in [2.05, 4.69) is 9.97 Å². The number of nitrogens with one attached hydrogen (secondary N) is 1. The third-order valence-electron chi connectivity index (χ3n) is 2.25. The lowest BCUT2D eigenvalue weighted by Gasteiger charge is -2.09. The lowest BCUT2D eigenvalue weighted by molar-refractivity contribution is -0.137. The fraction of sp³-hybridized carbons (Fsp3) is 0.0909. The average molecular weight is 271 g/mol. The van der Waals surface area contributed by atoms with Crippen LogP contribution in [0.1, 0.15) is 5.56 Å². The van der Waals surface area contributed by atoms with Crippen LogP contribution < -0.4 is 16.0 Å². The Morgan fingerprint density at radius 1 is 1.21 bits per heavy atom. The van der Waals surface area contributed by atoms with Crippen LogP contribution in [0.2, 0.25) is 0 Å². The van der Waals surface area contributed by atoms with Crippen molar-refractivity contribution in [3.8, 4) is 11.6 Å². The summed E-state index contributed by atoms with van der Waals surface area (Å²) in [6.45, 7) is 0. The van der Waals surface area contributed by atoms with E-state index >= 15 is 0 Å². The van der Waals surface area contributed by atoms with Crippen LogP contribution in [-0.2, 0) is 6.18 Å². The number of benzene rings is 1. The molecule has 0 fully saturated rings. The molecule has 2 rings (SSSR count). The van der Waals surface area contributed by atoms with Crippen LogP contribution in [0, 0.1) is 0 Å². The van der Waals surface area contributed by atoms with Gasteiger partial charge in [0.25, 0.3) is 5.56 Å². The van der Waals surface area contributed by atoms with Gasteiger partial charge < -0.3 is 15.5 Å². The Morgan fingerprint density at radius 2 is 1.84 bits per heavy atom. The number of rotatable bonds is 2. The summed E-state index contributed by atoms with van der Waals surface area (Å²) in [6.07, 6.45) is -3.34. The summed E-state index contributed by atoms with van der Waals surface area (Å²) in [5, 5.41) is 0. The molecule has 0 bridgehead atoms. The predicted octanol–water partition coefficient (Wildman–Crippen LogP) is 2.16. The van der Waals surface area contributed by atoms with E-state index in [4.69, 9.17) is 10.5 Å². The number of hydrogen-bond acceptors (Lipinski definition) is 4. The molecule has 0 unspecified atom stereocenters. The van der Waals surface area contributed by atoms with E-state index < -0.39 is 17.3 Å². The van der Waals surface area contributed by atoms with E-state index in [1.165, 1.54) is 0 Å². The molecular formula is C11H8F3N3O2. The van der Waals surface area contributed by atoms with Crippen LogP contribution in [-0.4, -0.2) is 9.97 Å². The van der Waals surface area contributed by atoms with Crippen LogP contribution in [0.15, 0.2) is 35.4 Å². The number of alkyl halides is 3. The van der Waals surface area contributed by atoms with Crippen molar-refractivity contribution in [2.75, 3.05) is 5.73 Å². The molecule has 0 amide bonds. The fourth-order valence-electron chi connectivity index (χ4n) is 1.30. The van der Waals surface area contributed by atoms with Gasteiger partial charge in [-0.25, -0.2) is 4.98 Å². The van der Waals surface area contributed by atoms with Gasteiger partial charge in [0.05, 0.1) is 11.9 Å². The summed E-state index contributed by atoms with van der Waals surface area (Å²) in [5.41, 5.74) is 3.79. The van der Waals surface area contributed by atoms with Gasteiger partial charge in [-0.1, -0.05) is 0 Å². The fourth-order valence-corrected chi connectivity index (χ4v) is 1.30. The number of halogens is 3. The SMILES string of the molecule is Nc1c(Oc2ccc(C(F)(F)F)cc2)nc[nH]c1=O. The number of H-pyrrole nitrogens is 1. The highest BCUT2D eigenvalue weighted by Gasteiger charge is 2.30. The van der Waals surface area contributed by atoms with Crippen LogP contribution in [0.25, 0.3) is 0 Å². The third-order valence-corrected chi connectivity index (χ3v) is 2.25. The van der Waals surface area contributed by atoms with Gasteiger partial charge in [0.15, 0.2) is 5.69 Å². The summed E-state index contributed by atoms with van der Waals surface area (Å²) < 4.78 is 42.2. The molecule has 2 aromatic rings. The lowest BCUT2D eigenvalue weighted by Crippen LogP contribution is -2.13. The van der Waals surface area contributed by atoms with Crippen molar-refractivity contribution >= 4 is 5.69 Å². The second-order valence-electron chi connectivity index (χ2n) is 3.57. The first-order chi connectivity index (χ1) is 8.88. The van der Waals surface area contributed by atoms with Crippen molar-refractivity contribution < 1.29 is 17.9 Å². The number of nitrogens with zero attached hydrogens (tertiary/aromatic N) is 1. The van der Waals surface area contributed by atoms with Gasteiger partial charge in [-0.3, -0.25) is 4.79 Å². The van der Waals surface area contributed by atoms with Crippen molar-refractivity contribution in [3.05, 3.63) is 46.5 Å². The molecular weight excluding hydrogens is 263 g/mol. The molecule has 0 aliphatic rings. The highest BCUT2D eigenvalue weighted by molar-refractivity contribution is 5.47. The van der Waals surface area contributed by atoms with Crippen molar-refractivity contribution in [3.63, 3.8) is 0 Å². The summed E-state index contributed by atoms with van der Waals surface area (Å²) in [6, 6.07) is 3.95. The lowest BCUT2D eigenvalue weighted by atomic mass is 10.2. The zero-order valence-electron chi connectivity index (χ0n) is 9.36. The second-order valence-corrected chi connectivity index (χ2v) is 3.57. The van der Waals surface area contributed by atoms with E-state index in [9.17, 15) is 18.0 Å². The summed E-state index contributed by atoms with van der Waals surface area (Å²) in [4.78, 5) is 17.1. The van der Waals surface area contributed by atoms with Crippen molar-refractivity contribution in [2.24, 2.45) is 0 Å². The van der Waals surface area contributed by atoms with Crippen LogP contribution in [0.5, 0.6) is 11.6 Å². The topological polar surface area (TPSA) is 81.0 Å². The Labute approximate surface area is 104 Å². The molecule has 0 radical (unpaired) electrons. The van der Waals surface area contributed by atoms with Gasteiger partial charge in [0.2, 0.25) is 5.88 Å². The maximum Gasteiger partial charge on any atom is 0.416 e. The number of anilines is 1. The Balaban J connectivity index is 2.25. The van der Waals surface area contributed by atoms with Gasteiger partial charge in [0, 0.05) is 0 Å². The number of nitrogens with two attached hydrogens (primary N) is 1. The molecule has 1 aromatic heterocycles. The molecule has 0 atom stereocenters. The van der Waals surface area contributed by atoms with E-state index in [-0.39, 0.29) is 17.3 Å². The first-order valence-corrected chi connectivity index (χ1v) is 5.06. The predicted molar refractivity (Wildman–Crippen MR) is 60.8 cm³/mol. The second kappa shape index (κ2) is 4.63. The Bertz CT molecular complexity index is 635. The summed E-state index contributed by atoms with van der Waals surface area (Å²) >= 11 is 0. The summed E-state index contributed by atoms with van der Waals surface area (Å²) in [7, 11) is 0. The summed E-state index contributed by atoms with van der Waals surface area (Å²) in [5.74, 6) is -0.0682. The minimum Gasteiger partial charge on any atom is -0.437 e. The van der Waals surface area contributed by atoms with E-state index in [1.54, 1.807) is 0 Å². The number of nitrogen functional groups attached to an aromatic ring is 1. The highest BCUT2D eigenvalue weighted by Crippen LogP contribution is 2.31. The van der Waals surface area contributed by atoms with Gasteiger partial charge in [-0.15, -0.1) is 0 Å². The number of ether oxygens (including phenoxy) is 1. The molecule has 0 saturated heterocycles. The van der Waals surface area contributed by atoms with Crippen LogP contribution in [0.4, 0.5) is 18.9 Å². The molecule has 0 aliphatic carbocycles. The average Bonchev–Trinajstić information content (AvgIpc) is 2.35. The number of aromatic nitrogens is 2. The zero-order valence-corrected chi connectivity index (χ0v) is 9.36. The zero-order chi connectivity index (χ0) is 14.0. The van der Waals surface area contributed by atoms with Crippen molar-refractivity contribution in [2.45, 2.75) is 6.18 Å². The smallest absolute Gasteiger partial charge is 0.416 e. The minimum absolute atomic E-state index is 0.0952. The maximum absolute atomic E-state index is 12.3. The van der Waals surface area contributed by atoms with Gasteiger partial charge in [0.1, 0.15) is 5.75 Å². The monoisotopic (exact) mass is 271 g/mol. The third kappa shape index (κ3) is 2.84. The maximum atomic E-state index is 12.3. The van der Waals surface area contributed by atoms with Gasteiger partial charge in [-0.05, 0) is 24.3 Å². The van der Waals surface area contributed by atoms with Gasteiger partial charge in [-0.2, -0.15) is 13.2 Å². The first kappa shape index (κ1) is 12.9. The Hall–Kier alpha value is -2.51. The largest absolute Gasteiger partial charge is 0.437 e. The minimum atomic E-state index is -4.42. The van der Waals surface area contributed by atoms with E-state index in [0.717, 1.165) is 30.6 Å². The van der Waals surface area contributed by atoms with Crippen LogP contribution in [0.3, 0.4) is 0 Å². The normalized spacial score (nSPS) is 11.3. The molecule has 0 saturated carbocycles. The highest BCUT2D eigenvalue weighted by atomic mass is 19.4. The van der Waals surface area contributed by atoms with Gasteiger partial charge >= 0.3 is 6.18 Å². The molecule has 1 aromatic carbocycles. The Kier molecular flexibility index (Phi) is 3.16. The quantitative estimate of drug-likeness (QED) is 0.877. The molecule has 0 aliphatic heterocycles. The van der Waals surface area contributed by atoms with Crippen LogP contribution >= 0.6 is 0 Å². The standard InChI is InChI=1S/C11H8F3N3O2/c12-11(13,14)6-1-3-7(4-2-6)19-10-8(15)9(18)16-5-17-10/h1-5H,15H2,(H,16,17,18). The Morgan fingerprint density at radius 3 is 2.42 bits per heavy atom. The van der Waals surface area contributed by atoms with E-state index in [0.29, 0.717) is 0 Å². The van der Waals surface area contributed by atoms with E-state index in [1.807, 2.05) is 0 Å².